The molecule has 4 nitrogen and oxygen atoms in total. The molecule has 0 aromatic rings. The van der Waals surface area contributed by atoms with E-state index in [9.17, 15) is 13.2 Å². The van der Waals surface area contributed by atoms with Crippen LogP contribution in [0, 0.1) is 0 Å². The Balaban J connectivity index is 2.64. The van der Waals surface area contributed by atoms with Crippen molar-refractivity contribution in [1.82, 2.24) is 5.32 Å². The van der Waals surface area contributed by atoms with Crippen molar-refractivity contribution in [2.45, 2.75) is 30.7 Å². The van der Waals surface area contributed by atoms with Crippen molar-refractivity contribution in [3.8, 4) is 0 Å². The van der Waals surface area contributed by atoms with Gasteiger partial charge < -0.3 is 20.3 Å². The zero-order chi connectivity index (χ0) is 12.2. The third-order valence-electron chi connectivity index (χ3n) is 2.69. The van der Waals surface area contributed by atoms with Crippen molar-refractivity contribution < 1.29 is 28.1 Å². The smallest absolute Gasteiger partial charge is 0.394 e. The lowest BCUT2D eigenvalue weighted by Crippen LogP contribution is -2.55. The Morgan fingerprint density at radius 3 is 2.31 bits per heavy atom. The highest BCUT2D eigenvalue weighted by molar-refractivity contribution is 4.93. The van der Waals surface area contributed by atoms with Gasteiger partial charge >= 0.3 is 6.18 Å². The molecule has 1 rings (SSSR count). The van der Waals surface area contributed by atoms with Gasteiger partial charge in [-0.2, -0.15) is 13.2 Å². The second kappa shape index (κ2) is 5.31. The lowest BCUT2D eigenvalue weighted by molar-refractivity contribution is -0.290. The van der Waals surface area contributed by atoms with Crippen molar-refractivity contribution in [1.29, 1.82) is 0 Å². The third-order valence-corrected chi connectivity index (χ3v) is 2.69. The number of rotatable bonds is 4. The maximum absolute atomic E-state index is 12.9. The fourth-order valence-corrected chi connectivity index (χ4v) is 1.65. The van der Waals surface area contributed by atoms with Gasteiger partial charge in [-0.3, -0.25) is 0 Å². The van der Waals surface area contributed by atoms with E-state index in [1.54, 1.807) is 0 Å². The minimum absolute atomic E-state index is 0.172. The fraction of sp³-hybridized carbons (Fsp3) is 1.00. The summed E-state index contributed by atoms with van der Waals surface area (Å²) >= 11 is 0. The maximum Gasteiger partial charge on any atom is 0.417 e. The number of alkyl halides is 3. The molecule has 0 spiro atoms. The molecule has 0 radical (unpaired) electrons. The molecule has 16 heavy (non-hydrogen) atoms. The van der Waals surface area contributed by atoms with Crippen LogP contribution < -0.4 is 5.32 Å². The molecule has 1 heterocycles. The van der Waals surface area contributed by atoms with Gasteiger partial charge in [-0.25, -0.2) is 0 Å². The van der Waals surface area contributed by atoms with Gasteiger partial charge in [0.2, 0.25) is 0 Å². The number of hydrogen-bond acceptors (Lipinski definition) is 4. The Kier molecular flexibility index (Phi) is 4.54. The molecule has 1 atom stereocenters. The molecule has 3 N–H and O–H groups in total. The van der Waals surface area contributed by atoms with E-state index in [1.165, 1.54) is 0 Å². The van der Waals surface area contributed by atoms with Crippen molar-refractivity contribution in [2.75, 3.05) is 26.3 Å². The van der Waals surface area contributed by atoms with Crippen LogP contribution in [0.4, 0.5) is 13.2 Å². The standard InChI is InChI=1S/C9H16F3NO3/c10-9(11,12)8(1-3-13-4-2-8)16-6-7(15)5-14/h7,13-15H,1-6H2. The van der Waals surface area contributed by atoms with Gasteiger partial charge in [0.05, 0.1) is 13.2 Å². The molecule has 0 bridgehead atoms. The molecule has 1 fully saturated rings. The molecule has 0 aromatic carbocycles. The number of aliphatic hydroxyl groups excluding tert-OH is 2. The number of ether oxygens (including phenoxy) is 1. The first kappa shape index (κ1) is 13.7. The van der Waals surface area contributed by atoms with Crippen molar-refractivity contribution in [3.63, 3.8) is 0 Å². The molecule has 0 aliphatic carbocycles. The summed E-state index contributed by atoms with van der Waals surface area (Å²) in [5, 5.41) is 20.4. The Morgan fingerprint density at radius 2 is 1.88 bits per heavy atom. The molecule has 7 heteroatoms. The average Bonchev–Trinajstić information content (AvgIpc) is 2.25. The van der Waals surface area contributed by atoms with Crippen LogP contribution in [0.15, 0.2) is 0 Å². The highest BCUT2D eigenvalue weighted by Gasteiger charge is 2.56. The van der Waals surface area contributed by atoms with E-state index in [0.717, 1.165) is 0 Å². The van der Waals surface area contributed by atoms with Gasteiger partial charge in [-0.1, -0.05) is 0 Å². The number of nitrogens with one attached hydrogen (secondary N) is 1. The first-order valence-electron chi connectivity index (χ1n) is 5.11. The lowest BCUT2D eigenvalue weighted by Gasteiger charge is -2.39. The van der Waals surface area contributed by atoms with E-state index in [2.05, 4.69) is 5.32 Å². The second-order valence-corrected chi connectivity index (χ2v) is 3.89. The van der Waals surface area contributed by atoms with Crippen LogP contribution in [-0.4, -0.2) is 54.4 Å². The zero-order valence-electron chi connectivity index (χ0n) is 8.76. The summed E-state index contributed by atoms with van der Waals surface area (Å²) in [5.74, 6) is 0. The largest absolute Gasteiger partial charge is 0.417 e. The zero-order valence-corrected chi connectivity index (χ0v) is 8.76. The van der Waals surface area contributed by atoms with E-state index in [-0.39, 0.29) is 25.9 Å². The van der Waals surface area contributed by atoms with E-state index in [4.69, 9.17) is 14.9 Å². The van der Waals surface area contributed by atoms with Crippen LogP contribution in [0.1, 0.15) is 12.8 Å². The minimum atomic E-state index is -4.45. The Labute approximate surface area is 91.4 Å². The predicted molar refractivity (Wildman–Crippen MR) is 49.9 cm³/mol. The molecule has 1 saturated heterocycles. The van der Waals surface area contributed by atoms with Crippen molar-refractivity contribution in [2.24, 2.45) is 0 Å². The van der Waals surface area contributed by atoms with E-state index >= 15 is 0 Å². The third kappa shape index (κ3) is 3.07. The molecule has 1 unspecified atom stereocenters. The minimum Gasteiger partial charge on any atom is -0.394 e. The molecular formula is C9H16F3NO3. The summed E-state index contributed by atoms with van der Waals surface area (Å²) in [7, 11) is 0. The Morgan fingerprint density at radius 1 is 1.31 bits per heavy atom. The average molecular weight is 243 g/mol. The SMILES string of the molecule is OCC(O)COC1(C(F)(F)F)CCNCC1. The van der Waals surface area contributed by atoms with Crippen molar-refractivity contribution in [3.05, 3.63) is 0 Å². The van der Waals surface area contributed by atoms with Gasteiger partial charge in [-0.15, -0.1) is 0 Å². The first-order chi connectivity index (χ1) is 7.41. The van der Waals surface area contributed by atoms with Gasteiger partial charge in [0.1, 0.15) is 6.10 Å². The van der Waals surface area contributed by atoms with Crippen LogP contribution in [-0.2, 0) is 4.74 Å². The van der Waals surface area contributed by atoms with Crippen LogP contribution in [0.2, 0.25) is 0 Å². The van der Waals surface area contributed by atoms with Gasteiger partial charge in [-0.05, 0) is 25.9 Å². The Bertz CT molecular complexity index is 217. The molecule has 1 aliphatic heterocycles. The van der Waals surface area contributed by atoms with Gasteiger partial charge in [0.15, 0.2) is 5.60 Å². The highest BCUT2D eigenvalue weighted by atomic mass is 19.4. The number of piperidine rings is 1. The topological polar surface area (TPSA) is 61.7 Å². The van der Waals surface area contributed by atoms with Crippen LogP contribution in [0.25, 0.3) is 0 Å². The normalized spacial score (nSPS) is 23.1. The summed E-state index contributed by atoms with van der Waals surface area (Å²) in [6.45, 7) is -0.647. The van der Waals surface area contributed by atoms with E-state index < -0.39 is 31.1 Å². The second-order valence-electron chi connectivity index (χ2n) is 3.89. The molecule has 0 saturated carbocycles. The summed E-state index contributed by atoms with van der Waals surface area (Å²) in [6.07, 6.45) is -6.07. The van der Waals surface area contributed by atoms with Crippen LogP contribution >= 0.6 is 0 Å². The number of halogens is 3. The summed E-state index contributed by atoms with van der Waals surface area (Å²) < 4.78 is 43.4. The van der Waals surface area contributed by atoms with E-state index in [1.807, 2.05) is 0 Å². The van der Waals surface area contributed by atoms with Gasteiger partial charge in [0, 0.05) is 0 Å². The lowest BCUT2D eigenvalue weighted by atomic mass is 9.91. The van der Waals surface area contributed by atoms with Crippen LogP contribution in [0.3, 0.4) is 0 Å². The maximum atomic E-state index is 12.9. The molecule has 0 aromatic heterocycles. The summed E-state index contributed by atoms with van der Waals surface area (Å²) in [6, 6.07) is 0. The first-order valence-corrected chi connectivity index (χ1v) is 5.11. The molecule has 96 valence electrons. The van der Waals surface area contributed by atoms with Crippen LogP contribution in [0.5, 0.6) is 0 Å². The molecule has 1 aliphatic rings. The number of hydrogen-bond donors (Lipinski definition) is 3. The fourth-order valence-electron chi connectivity index (χ4n) is 1.65. The molecular weight excluding hydrogens is 227 g/mol. The summed E-state index contributed by atoms with van der Waals surface area (Å²) in [4.78, 5) is 0. The van der Waals surface area contributed by atoms with E-state index in [0.29, 0.717) is 0 Å². The van der Waals surface area contributed by atoms with Gasteiger partial charge in [0.25, 0.3) is 0 Å². The quantitative estimate of drug-likeness (QED) is 0.652. The number of aliphatic hydroxyl groups is 2. The predicted octanol–water partition coefficient (Wildman–Crippen LogP) is 0.0407. The summed E-state index contributed by atoms with van der Waals surface area (Å²) in [5.41, 5.74) is -2.19. The van der Waals surface area contributed by atoms with Crippen molar-refractivity contribution >= 4 is 0 Å². The Hall–Kier alpha value is -0.370. The highest BCUT2D eigenvalue weighted by Crippen LogP contribution is 2.40. The monoisotopic (exact) mass is 243 g/mol. The molecule has 0 amide bonds.